The van der Waals surface area contributed by atoms with Gasteiger partial charge in [0.1, 0.15) is 4.99 Å². The maximum Gasteiger partial charge on any atom is 0.104 e. The van der Waals surface area contributed by atoms with Gasteiger partial charge in [0.25, 0.3) is 0 Å². The van der Waals surface area contributed by atoms with Crippen molar-refractivity contribution in [1.29, 1.82) is 0 Å². The van der Waals surface area contributed by atoms with Gasteiger partial charge in [0.2, 0.25) is 0 Å². The Bertz CT molecular complexity index is 418. The van der Waals surface area contributed by atoms with E-state index in [1.54, 1.807) is 6.07 Å². The van der Waals surface area contributed by atoms with Gasteiger partial charge < -0.3 is 11.1 Å². The molecule has 0 amide bonds. The Morgan fingerprint density at radius 1 is 1.33 bits per heavy atom. The maximum atomic E-state index is 6.20. The molecule has 100 valence electrons. The first kappa shape index (κ1) is 15.3. The van der Waals surface area contributed by atoms with E-state index in [0.717, 1.165) is 23.6 Å². The molecule has 1 atom stereocenters. The number of rotatable bonds is 6. The second-order valence-electron chi connectivity index (χ2n) is 5.08. The van der Waals surface area contributed by atoms with Gasteiger partial charge in [-0.05, 0) is 43.9 Å². The lowest BCUT2D eigenvalue weighted by Crippen LogP contribution is -2.16. The van der Waals surface area contributed by atoms with Crippen molar-refractivity contribution in [3.63, 3.8) is 0 Å². The molecule has 1 aromatic carbocycles. The van der Waals surface area contributed by atoms with Crippen molar-refractivity contribution in [1.82, 2.24) is 0 Å². The van der Waals surface area contributed by atoms with Crippen molar-refractivity contribution in [3.8, 4) is 0 Å². The zero-order valence-electron chi connectivity index (χ0n) is 11.2. The van der Waals surface area contributed by atoms with Gasteiger partial charge in [-0.1, -0.05) is 37.7 Å². The zero-order chi connectivity index (χ0) is 13.7. The van der Waals surface area contributed by atoms with Crippen LogP contribution >= 0.6 is 23.8 Å². The zero-order valence-corrected chi connectivity index (χ0v) is 12.7. The molecule has 0 fully saturated rings. The van der Waals surface area contributed by atoms with Crippen LogP contribution in [0.5, 0.6) is 0 Å². The number of thiocarbonyl (C=S) groups is 1. The Morgan fingerprint density at radius 3 is 2.50 bits per heavy atom. The van der Waals surface area contributed by atoms with Crippen molar-refractivity contribution in [2.45, 2.75) is 39.7 Å². The quantitative estimate of drug-likeness (QED) is 0.769. The summed E-state index contributed by atoms with van der Waals surface area (Å²) in [6.07, 6.45) is 2.34. The van der Waals surface area contributed by atoms with E-state index in [1.165, 1.54) is 6.42 Å². The molecule has 3 N–H and O–H groups in total. The first-order chi connectivity index (χ1) is 8.40. The molecule has 0 saturated carbocycles. The van der Waals surface area contributed by atoms with Gasteiger partial charge in [-0.2, -0.15) is 0 Å². The number of nitrogens with two attached hydrogens (primary N) is 1. The minimum Gasteiger partial charge on any atom is -0.389 e. The van der Waals surface area contributed by atoms with Crippen LogP contribution < -0.4 is 11.1 Å². The molecule has 0 aliphatic heterocycles. The van der Waals surface area contributed by atoms with Crippen molar-refractivity contribution < 1.29 is 0 Å². The molecule has 0 aliphatic rings. The third-order valence-corrected chi connectivity index (χ3v) is 3.38. The summed E-state index contributed by atoms with van der Waals surface area (Å²) in [5, 5.41) is 4.08. The Hall–Kier alpha value is -0.800. The Kier molecular flexibility index (Phi) is 5.89. The highest BCUT2D eigenvalue weighted by atomic mass is 35.5. The minimum absolute atomic E-state index is 0.372. The summed E-state index contributed by atoms with van der Waals surface area (Å²) in [6.45, 7) is 6.63. The lowest BCUT2D eigenvalue weighted by Gasteiger charge is -2.17. The Morgan fingerprint density at radius 2 is 2.00 bits per heavy atom. The molecule has 18 heavy (non-hydrogen) atoms. The van der Waals surface area contributed by atoms with Crippen LogP contribution in [-0.2, 0) is 0 Å². The topological polar surface area (TPSA) is 38.0 Å². The molecule has 0 spiro atoms. The molecule has 4 heteroatoms. The van der Waals surface area contributed by atoms with E-state index in [1.807, 2.05) is 12.1 Å². The fraction of sp³-hybridized carbons (Fsp3) is 0.500. The minimum atomic E-state index is 0.372. The summed E-state index contributed by atoms with van der Waals surface area (Å²) in [5.74, 6) is 0.724. The second-order valence-corrected chi connectivity index (χ2v) is 5.92. The molecule has 1 rings (SSSR count). The highest BCUT2D eigenvalue weighted by molar-refractivity contribution is 7.80. The first-order valence-corrected chi connectivity index (χ1v) is 7.04. The molecule has 0 radical (unpaired) electrons. The molecule has 0 saturated heterocycles. The van der Waals surface area contributed by atoms with Gasteiger partial charge in [0.15, 0.2) is 0 Å². The Labute approximate surface area is 120 Å². The molecule has 2 nitrogen and oxygen atoms in total. The van der Waals surface area contributed by atoms with Gasteiger partial charge >= 0.3 is 0 Å². The van der Waals surface area contributed by atoms with E-state index in [9.17, 15) is 0 Å². The molecule has 0 heterocycles. The summed E-state index contributed by atoms with van der Waals surface area (Å²) in [7, 11) is 0. The van der Waals surface area contributed by atoms with E-state index in [-0.39, 0.29) is 0 Å². The highest BCUT2D eigenvalue weighted by Gasteiger charge is 2.08. The maximum absolute atomic E-state index is 6.20. The molecule has 0 aliphatic carbocycles. The average Bonchev–Trinajstić information content (AvgIpc) is 2.29. The van der Waals surface area contributed by atoms with Crippen LogP contribution in [-0.4, -0.2) is 11.0 Å². The number of nitrogens with one attached hydrogen (secondary N) is 1. The Balaban J connectivity index is 2.64. The van der Waals surface area contributed by atoms with Crippen LogP contribution in [0.25, 0.3) is 0 Å². The molecule has 0 bridgehead atoms. The number of benzene rings is 1. The SMILES string of the molecule is CC(C)CCC(C)Nc1ccc(C(N)=S)cc1Cl. The van der Waals surface area contributed by atoms with E-state index in [2.05, 4.69) is 26.1 Å². The third kappa shape index (κ3) is 4.83. The standard InChI is InChI=1S/C14H21ClN2S/c1-9(2)4-5-10(3)17-13-7-6-11(14(16)18)8-12(13)15/h6-10,17H,4-5H2,1-3H3,(H2,16,18). The van der Waals surface area contributed by atoms with Crippen LogP contribution in [0.3, 0.4) is 0 Å². The summed E-state index contributed by atoms with van der Waals surface area (Å²) >= 11 is 11.1. The molecule has 1 aromatic rings. The van der Waals surface area contributed by atoms with Crippen LogP contribution in [0.4, 0.5) is 5.69 Å². The van der Waals surface area contributed by atoms with Gasteiger partial charge in [0, 0.05) is 11.6 Å². The largest absolute Gasteiger partial charge is 0.389 e. The van der Waals surface area contributed by atoms with Crippen LogP contribution in [0.1, 0.15) is 39.2 Å². The number of hydrogen-bond acceptors (Lipinski definition) is 2. The predicted molar refractivity (Wildman–Crippen MR) is 84.5 cm³/mol. The lowest BCUT2D eigenvalue weighted by molar-refractivity contribution is 0.528. The second kappa shape index (κ2) is 6.95. The van der Waals surface area contributed by atoms with Crippen molar-refractivity contribution in [2.24, 2.45) is 11.7 Å². The van der Waals surface area contributed by atoms with Crippen molar-refractivity contribution in [2.75, 3.05) is 5.32 Å². The fourth-order valence-corrected chi connectivity index (χ4v) is 2.07. The molecule has 0 aromatic heterocycles. The first-order valence-electron chi connectivity index (χ1n) is 6.26. The summed E-state index contributed by atoms with van der Waals surface area (Å²) in [4.78, 5) is 0.372. The number of anilines is 1. The van der Waals surface area contributed by atoms with E-state index < -0.39 is 0 Å². The van der Waals surface area contributed by atoms with Gasteiger partial charge in [-0.3, -0.25) is 0 Å². The average molecular weight is 285 g/mol. The van der Waals surface area contributed by atoms with E-state index in [4.69, 9.17) is 29.6 Å². The molecular formula is C14H21ClN2S. The number of halogens is 1. The van der Waals surface area contributed by atoms with Crippen molar-refractivity contribution >= 4 is 34.5 Å². The van der Waals surface area contributed by atoms with Crippen LogP contribution in [0, 0.1) is 5.92 Å². The van der Waals surface area contributed by atoms with Crippen molar-refractivity contribution in [3.05, 3.63) is 28.8 Å². The third-order valence-electron chi connectivity index (χ3n) is 2.83. The fourth-order valence-electron chi connectivity index (χ4n) is 1.71. The molecule has 1 unspecified atom stereocenters. The smallest absolute Gasteiger partial charge is 0.104 e. The van der Waals surface area contributed by atoms with Gasteiger partial charge in [-0.15, -0.1) is 0 Å². The summed E-state index contributed by atoms with van der Waals surface area (Å²) in [5.41, 5.74) is 7.31. The lowest BCUT2D eigenvalue weighted by atomic mass is 10.0. The monoisotopic (exact) mass is 284 g/mol. The van der Waals surface area contributed by atoms with Gasteiger partial charge in [-0.25, -0.2) is 0 Å². The van der Waals surface area contributed by atoms with Gasteiger partial charge in [0.05, 0.1) is 10.7 Å². The number of hydrogen-bond donors (Lipinski definition) is 2. The van der Waals surface area contributed by atoms with E-state index >= 15 is 0 Å². The summed E-state index contributed by atoms with van der Waals surface area (Å²) < 4.78 is 0. The van der Waals surface area contributed by atoms with Crippen LogP contribution in [0.15, 0.2) is 18.2 Å². The van der Waals surface area contributed by atoms with E-state index in [0.29, 0.717) is 16.1 Å². The molecular weight excluding hydrogens is 264 g/mol. The van der Waals surface area contributed by atoms with Crippen LogP contribution in [0.2, 0.25) is 5.02 Å². The predicted octanol–water partition coefficient (Wildman–Crippen LogP) is 4.21. The normalized spacial score (nSPS) is 12.5. The highest BCUT2D eigenvalue weighted by Crippen LogP contribution is 2.24. The summed E-state index contributed by atoms with van der Waals surface area (Å²) in [6, 6.07) is 6.04.